The van der Waals surface area contributed by atoms with Crippen LogP contribution in [0.3, 0.4) is 0 Å². The summed E-state index contributed by atoms with van der Waals surface area (Å²) in [5, 5.41) is 31.7. The fraction of sp³-hybridized carbons (Fsp3) is 0.650. The number of carbonyl (C=O) groups is 3. The number of carbonyl (C=O) groups excluding carboxylic acids is 3. The number of nitrogens with one attached hydrogen (secondary N) is 1. The van der Waals surface area contributed by atoms with Gasteiger partial charge in [-0.3, -0.25) is 14.2 Å². The maximum Gasteiger partial charge on any atom is 0.351 e. The fourth-order valence-corrected chi connectivity index (χ4v) is 3.39. The predicted molar refractivity (Wildman–Crippen MR) is 111 cm³/mol. The first-order valence-corrected chi connectivity index (χ1v) is 10.5. The number of esters is 1. The van der Waals surface area contributed by atoms with Crippen LogP contribution in [0.2, 0.25) is 0 Å². The third-order valence-electron chi connectivity index (χ3n) is 4.91. The molecule has 0 spiro atoms. The molecule has 1 unspecified atom stereocenters. The van der Waals surface area contributed by atoms with Crippen LogP contribution in [0.5, 0.6) is 0 Å². The summed E-state index contributed by atoms with van der Waals surface area (Å²) in [7, 11) is 5.33. The van der Waals surface area contributed by atoms with E-state index in [1.807, 2.05) is 0 Å². The van der Waals surface area contributed by atoms with Gasteiger partial charge in [-0.25, -0.2) is 4.79 Å². The van der Waals surface area contributed by atoms with Gasteiger partial charge in [0, 0.05) is 25.0 Å². The maximum absolute atomic E-state index is 14.2. The molecule has 1 amide bonds. The number of aliphatic carboxylic acids is 1. The summed E-state index contributed by atoms with van der Waals surface area (Å²) < 4.78 is 39.2. The number of hydrogen-bond donors (Lipinski definition) is 3. The highest BCUT2D eigenvalue weighted by atomic mass is 19.3. The number of aliphatic hydroxyl groups excluding tert-OH is 2. The lowest BCUT2D eigenvalue weighted by Crippen LogP contribution is -2.45. The number of ether oxygens (including phenoxy) is 2. The number of rotatable bonds is 11. The van der Waals surface area contributed by atoms with Crippen molar-refractivity contribution in [2.75, 3.05) is 39.6 Å². The Hall–Kier alpha value is -3.01. The van der Waals surface area contributed by atoms with Gasteiger partial charge in [-0.05, 0) is 6.07 Å². The van der Waals surface area contributed by atoms with E-state index in [9.17, 15) is 38.2 Å². The zero-order valence-electron chi connectivity index (χ0n) is 19.3. The van der Waals surface area contributed by atoms with E-state index >= 15 is 0 Å². The van der Waals surface area contributed by atoms with Crippen molar-refractivity contribution >= 4 is 23.7 Å². The minimum absolute atomic E-state index is 0.200. The summed E-state index contributed by atoms with van der Waals surface area (Å²) in [4.78, 5) is 50.7. The van der Waals surface area contributed by atoms with Gasteiger partial charge in [0.15, 0.2) is 12.2 Å². The summed E-state index contributed by atoms with van der Waals surface area (Å²) in [5.74, 6) is -7.12. The van der Waals surface area contributed by atoms with Crippen LogP contribution in [-0.4, -0.2) is 101 Å². The molecule has 2 rings (SSSR count). The minimum Gasteiger partial charge on any atom is -0.550 e. The fourth-order valence-electron chi connectivity index (χ4n) is 3.39. The lowest BCUT2D eigenvalue weighted by atomic mass is 10.1. The van der Waals surface area contributed by atoms with Crippen LogP contribution in [-0.2, 0) is 23.9 Å². The highest BCUT2D eigenvalue weighted by Gasteiger charge is 2.59. The molecule has 0 aliphatic carbocycles. The van der Waals surface area contributed by atoms with Crippen molar-refractivity contribution in [2.45, 2.75) is 49.7 Å². The number of carboxylic acid groups (broad SMARTS) is 1. The largest absolute Gasteiger partial charge is 0.550 e. The molecule has 15 heteroatoms. The van der Waals surface area contributed by atoms with Crippen LogP contribution in [0.15, 0.2) is 17.1 Å². The van der Waals surface area contributed by atoms with Crippen molar-refractivity contribution in [3.63, 3.8) is 0 Å². The normalized spacial score (nSPS) is 22.4. The molecular weight excluding hydrogens is 478 g/mol. The lowest BCUT2D eigenvalue weighted by Gasteiger charge is -2.29. The summed E-state index contributed by atoms with van der Waals surface area (Å²) in [6.07, 6.45) is -7.52. The standard InChI is InChI=1S/C20H28F2N4O9/c1-26(2,3)9-11(8-15(29)30)34-16(31)5-4-14(28)23-13-6-7-25(19(33)24-13)18-20(21,22)17(32)12(10-27)35-18/h6-7,11-12,17-18,27,32H,4-5,8-10H2,1-3H3,(H-,23,24,28,29,30,33)/t11?,12-,17-,18-/m1/s1. The molecular formula is C20H28F2N4O9. The van der Waals surface area contributed by atoms with E-state index in [2.05, 4.69) is 10.3 Å². The summed E-state index contributed by atoms with van der Waals surface area (Å²) >= 11 is 0. The van der Waals surface area contributed by atoms with Crippen molar-refractivity contribution in [1.29, 1.82) is 0 Å². The molecule has 1 fully saturated rings. The molecule has 2 heterocycles. The van der Waals surface area contributed by atoms with Crippen LogP contribution in [0.4, 0.5) is 14.6 Å². The van der Waals surface area contributed by atoms with Crippen LogP contribution in [0, 0.1) is 0 Å². The van der Waals surface area contributed by atoms with E-state index in [0.717, 1.165) is 12.3 Å². The first-order chi connectivity index (χ1) is 16.1. The predicted octanol–water partition coefficient (Wildman–Crippen LogP) is -2.39. The second-order valence-corrected chi connectivity index (χ2v) is 9.04. The Bertz CT molecular complexity index is 996. The van der Waals surface area contributed by atoms with Crippen molar-refractivity contribution in [3.05, 3.63) is 22.7 Å². The third kappa shape index (κ3) is 7.74. The van der Waals surface area contributed by atoms with Crippen LogP contribution in [0.25, 0.3) is 0 Å². The van der Waals surface area contributed by atoms with Gasteiger partial charge < -0.3 is 39.4 Å². The molecule has 4 atom stereocenters. The quantitative estimate of drug-likeness (QED) is 0.216. The molecule has 1 aromatic heterocycles. The Morgan fingerprint density at radius 1 is 1.34 bits per heavy atom. The highest BCUT2D eigenvalue weighted by molar-refractivity contribution is 5.91. The van der Waals surface area contributed by atoms with E-state index in [0.29, 0.717) is 9.05 Å². The number of aliphatic hydroxyl groups is 2. The zero-order chi connectivity index (χ0) is 26.6. The number of amides is 1. The van der Waals surface area contributed by atoms with Crippen LogP contribution >= 0.6 is 0 Å². The average Bonchev–Trinajstić information content (AvgIpc) is 2.94. The number of nitrogens with zero attached hydrogens (tertiary/aromatic N) is 3. The van der Waals surface area contributed by atoms with E-state index in [1.165, 1.54) is 0 Å². The molecule has 1 aliphatic heterocycles. The Balaban J connectivity index is 1.95. The molecule has 0 bridgehead atoms. The maximum atomic E-state index is 14.2. The summed E-state index contributed by atoms with van der Waals surface area (Å²) in [6, 6.07) is 1.03. The minimum atomic E-state index is -3.88. The monoisotopic (exact) mass is 506 g/mol. The van der Waals surface area contributed by atoms with Gasteiger partial charge in [-0.15, -0.1) is 0 Å². The van der Waals surface area contributed by atoms with E-state index in [-0.39, 0.29) is 18.8 Å². The number of anilines is 1. The zero-order valence-corrected chi connectivity index (χ0v) is 19.3. The third-order valence-corrected chi connectivity index (χ3v) is 4.91. The Kier molecular flexibility index (Phi) is 9.00. The van der Waals surface area contributed by atoms with E-state index < -0.39 is 73.4 Å². The Morgan fingerprint density at radius 2 is 2.00 bits per heavy atom. The summed E-state index contributed by atoms with van der Waals surface area (Å²) in [5.41, 5.74) is -1.22. The average molecular weight is 506 g/mol. The van der Waals surface area contributed by atoms with Gasteiger partial charge >= 0.3 is 17.6 Å². The van der Waals surface area contributed by atoms with Gasteiger partial charge in [-0.2, -0.15) is 13.8 Å². The Morgan fingerprint density at radius 3 is 2.51 bits per heavy atom. The van der Waals surface area contributed by atoms with Gasteiger partial charge in [-0.1, -0.05) is 0 Å². The number of quaternary nitrogens is 1. The van der Waals surface area contributed by atoms with E-state index in [1.54, 1.807) is 21.1 Å². The smallest absolute Gasteiger partial charge is 0.351 e. The van der Waals surface area contributed by atoms with Gasteiger partial charge in [0.2, 0.25) is 12.1 Å². The lowest BCUT2D eigenvalue weighted by molar-refractivity contribution is -0.873. The van der Waals surface area contributed by atoms with Crippen molar-refractivity contribution in [1.82, 2.24) is 9.55 Å². The van der Waals surface area contributed by atoms with Crippen LogP contribution in [0.1, 0.15) is 25.5 Å². The first-order valence-electron chi connectivity index (χ1n) is 10.5. The summed E-state index contributed by atoms with van der Waals surface area (Å²) in [6.45, 7) is -0.693. The molecule has 0 saturated carbocycles. The topological polar surface area (TPSA) is 180 Å². The van der Waals surface area contributed by atoms with Crippen molar-refractivity contribution in [2.24, 2.45) is 0 Å². The molecule has 35 heavy (non-hydrogen) atoms. The highest BCUT2D eigenvalue weighted by Crippen LogP contribution is 2.41. The molecule has 0 aromatic carbocycles. The van der Waals surface area contributed by atoms with Crippen molar-refractivity contribution < 1.29 is 52.4 Å². The number of likely N-dealkylation sites (N-methyl/N-ethyl adjacent to an activating group) is 1. The second-order valence-electron chi connectivity index (χ2n) is 9.04. The van der Waals surface area contributed by atoms with Gasteiger partial charge in [0.1, 0.15) is 18.5 Å². The van der Waals surface area contributed by atoms with Crippen LogP contribution < -0.4 is 16.1 Å². The SMILES string of the molecule is C[N+](C)(C)CC(CC(=O)[O-])OC(=O)CCC(=O)Nc1ccn([C@@H]2O[C@H](CO)[C@@H](O)C2(F)F)c(=O)n1. The molecule has 1 saturated heterocycles. The molecule has 13 nitrogen and oxygen atoms in total. The molecule has 1 aromatic rings. The van der Waals surface area contributed by atoms with Gasteiger partial charge in [0.25, 0.3) is 0 Å². The molecule has 3 N–H and O–H groups in total. The number of carboxylic acids is 1. The molecule has 0 radical (unpaired) electrons. The van der Waals surface area contributed by atoms with Crippen molar-refractivity contribution in [3.8, 4) is 0 Å². The number of hydrogen-bond acceptors (Lipinski definition) is 10. The Labute approximate surface area is 198 Å². The van der Waals surface area contributed by atoms with E-state index in [4.69, 9.17) is 14.6 Å². The molecule has 1 aliphatic rings. The first kappa shape index (κ1) is 28.2. The molecule has 196 valence electrons. The number of halogens is 2. The number of alkyl halides is 2. The van der Waals surface area contributed by atoms with Gasteiger partial charge in [0.05, 0.1) is 34.2 Å². The second kappa shape index (κ2) is 11.2. The number of aromatic nitrogens is 2.